The van der Waals surface area contributed by atoms with E-state index in [4.69, 9.17) is 16.4 Å². The zero-order valence-electron chi connectivity index (χ0n) is 9.81. The van der Waals surface area contributed by atoms with E-state index in [1.165, 1.54) is 0 Å². The number of carbonyl (C=O) groups excluding carboxylic acids is 2. The molecule has 6 N–H and O–H groups in total. The van der Waals surface area contributed by atoms with Crippen LogP contribution in [0.5, 0.6) is 5.75 Å². The highest BCUT2D eigenvalue weighted by atomic mass is 16.5. The summed E-state index contributed by atoms with van der Waals surface area (Å²) in [6.07, 6.45) is 0.873. The van der Waals surface area contributed by atoms with Crippen LogP contribution in [0.25, 0.3) is 0 Å². The van der Waals surface area contributed by atoms with E-state index in [0.717, 1.165) is 0 Å². The molecule has 0 aliphatic heterocycles. The standard InChI is InChI=1S/C11H16N4O3/c12-14-10(16)2-1-7-18-9-5-3-8(4-6-9)11(17)15-13/h3-6H,1-2,7,12-13H2,(H,14,16)(H,15,17). The lowest BCUT2D eigenvalue weighted by atomic mass is 10.2. The lowest BCUT2D eigenvalue weighted by Gasteiger charge is -2.06. The van der Waals surface area contributed by atoms with Gasteiger partial charge in [0.2, 0.25) is 5.91 Å². The lowest BCUT2D eigenvalue weighted by Crippen LogP contribution is -2.30. The molecule has 0 aromatic heterocycles. The molecule has 98 valence electrons. The Balaban J connectivity index is 2.35. The van der Waals surface area contributed by atoms with Gasteiger partial charge in [0.25, 0.3) is 5.91 Å². The summed E-state index contributed by atoms with van der Waals surface area (Å²) in [5.41, 5.74) is 4.53. The minimum atomic E-state index is -0.360. The molecule has 0 unspecified atom stereocenters. The molecule has 0 fully saturated rings. The minimum absolute atomic E-state index is 0.228. The van der Waals surface area contributed by atoms with Gasteiger partial charge in [-0.05, 0) is 30.7 Å². The summed E-state index contributed by atoms with van der Waals surface area (Å²) in [7, 11) is 0. The number of hydrogen-bond donors (Lipinski definition) is 4. The van der Waals surface area contributed by atoms with Crippen LogP contribution in [0.2, 0.25) is 0 Å². The van der Waals surface area contributed by atoms with E-state index < -0.39 is 0 Å². The van der Waals surface area contributed by atoms with E-state index in [1.54, 1.807) is 24.3 Å². The topological polar surface area (TPSA) is 119 Å². The normalized spacial score (nSPS) is 9.67. The van der Waals surface area contributed by atoms with Crippen LogP contribution in [0.1, 0.15) is 23.2 Å². The van der Waals surface area contributed by atoms with Crippen molar-refractivity contribution in [3.05, 3.63) is 29.8 Å². The van der Waals surface area contributed by atoms with Gasteiger partial charge in [-0.1, -0.05) is 0 Å². The molecule has 7 nitrogen and oxygen atoms in total. The summed E-state index contributed by atoms with van der Waals surface area (Å²) in [4.78, 5) is 22.0. The van der Waals surface area contributed by atoms with Gasteiger partial charge >= 0.3 is 0 Å². The zero-order chi connectivity index (χ0) is 13.4. The molecule has 7 heteroatoms. The van der Waals surface area contributed by atoms with Crippen LogP contribution in [0.4, 0.5) is 0 Å². The molecule has 0 bridgehead atoms. The van der Waals surface area contributed by atoms with Crippen molar-refractivity contribution in [1.82, 2.24) is 10.9 Å². The second-order valence-electron chi connectivity index (χ2n) is 3.52. The van der Waals surface area contributed by atoms with Crippen molar-refractivity contribution >= 4 is 11.8 Å². The van der Waals surface area contributed by atoms with E-state index in [2.05, 4.69) is 0 Å². The summed E-state index contributed by atoms with van der Waals surface area (Å²) in [5.74, 6) is 9.97. The molecule has 0 atom stereocenters. The largest absolute Gasteiger partial charge is 0.494 e. The van der Waals surface area contributed by atoms with Gasteiger partial charge in [-0.3, -0.25) is 20.4 Å². The Kier molecular flexibility index (Phi) is 5.62. The molecule has 0 aliphatic carbocycles. The van der Waals surface area contributed by atoms with E-state index in [1.807, 2.05) is 10.9 Å². The molecule has 1 aromatic carbocycles. The quantitative estimate of drug-likeness (QED) is 0.234. The highest BCUT2D eigenvalue weighted by Crippen LogP contribution is 2.12. The van der Waals surface area contributed by atoms with E-state index >= 15 is 0 Å². The van der Waals surface area contributed by atoms with Crippen LogP contribution in [-0.4, -0.2) is 18.4 Å². The summed E-state index contributed by atoms with van der Waals surface area (Å²) in [6, 6.07) is 6.52. The fourth-order valence-electron chi connectivity index (χ4n) is 1.28. The SMILES string of the molecule is NNC(=O)CCCOc1ccc(C(=O)NN)cc1. The Morgan fingerprint density at radius 3 is 2.33 bits per heavy atom. The first-order valence-corrected chi connectivity index (χ1v) is 5.40. The highest BCUT2D eigenvalue weighted by molar-refractivity contribution is 5.93. The maximum absolute atomic E-state index is 11.2. The molecule has 0 aliphatic rings. The molecule has 0 spiro atoms. The third-order valence-electron chi connectivity index (χ3n) is 2.23. The highest BCUT2D eigenvalue weighted by Gasteiger charge is 2.03. The molecule has 0 saturated heterocycles. The Hall–Kier alpha value is -2.12. The predicted molar refractivity (Wildman–Crippen MR) is 65.2 cm³/mol. The number of carbonyl (C=O) groups is 2. The zero-order valence-corrected chi connectivity index (χ0v) is 9.81. The lowest BCUT2D eigenvalue weighted by molar-refractivity contribution is -0.121. The van der Waals surface area contributed by atoms with Crippen molar-refractivity contribution < 1.29 is 14.3 Å². The minimum Gasteiger partial charge on any atom is -0.494 e. The van der Waals surface area contributed by atoms with Crippen LogP contribution in [0.15, 0.2) is 24.3 Å². The van der Waals surface area contributed by atoms with Crippen molar-refractivity contribution in [1.29, 1.82) is 0 Å². The first-order chi connectivity index (χ1) is 8.67. The van der Waals surface area contributed by atoms with E-state index in [9.17, 15) is 9.59 Å². The van der Waals surface area contributed by atoms with Crippen molar-refractivity contribution in [2.45, 2.75) is 12.8 Å². The van der Waals surface area contributed by atoms with Crippen LogP contribution in [0, 0.1) is 0 Å². The van der Waals surface area contributed by atoms with Crippen molar-refractivity contribution in [2.24, 2.45) is 11.7 Å². The molecule has 0 saturated carbocycles. The molecule has 1 rings (SSSR count). The molecule has 2 amide bonds. The number of benzene rings is 1. The van der Waals surface area contributed by atoms with Crippen LogP contribution < -0.4 is 27.3 Å². The van der Waals surface area contributed by atoms with Crippen LogP contribution in [-0.2, 0) is 4.79 Å². The van der Waals surface area contributed by atoms with Crippen LogP contribution >= 0.6 is 0 Å². The Bertz CT molecular complexity index is 405. The van der Waals surface area contributed by atoms with E-state index in [0.29, 0.717) is 30.8 Å². The smallest absolute Gasteiger partial charge is 0.265 e. The second kappa shape index (κ2) is 7.25. The third-order valence-corrected chi connectivity index (χ3v) is 2.23. The number of hydrazine groups is 2. The van der Waals surface area contributed by atoms with E-state index in [-0.39, 0.29) is 11.8 Å². The third kappa shape index (κ3) is 4.40. The second-order valence-corrected chi connectivity index (χ2v) is 3.52. The summed E-state index contributed by atoms with van der Waals surface area (Å²) >= 11 is 0. The van der Waals surface area contributed by atoms with Gasteiger partial charge in [-0.15, -0.1) is 0 Å². The molecule has 1 aromatic rings. The maximum Gasteiger partial charge on any atom is 0.265 e. The summed E-state index contributed by atoms with van der Waals surface area (Å²) in [5, 5.41) is 0. The number of rotatable bonds is 6. The predicted octanol–water partition coefficient (Wildman–Crippen LogP) is -0.561. The maximum atomic E-state index is 11.2. The number of nitrogen functional groups attached to an aromatic ring is 1. The molecular formula is C11H16N4O3. The van der Waals surface area contributed by atoms with Gasteiger partial charge in [0.15, 0.2) is 0 Å². The monoisotopic (exact) mass is 252 g/mol. The number of amides is 2. The molecule has 0 heterocycles. The fourth-order valence-corrected chi connectivity index (χ4v) is 1.28. The first kappa shape index (κ1) is 13.9. The van der Waals surface area contributed by atoms with Crippen molar-refractivity contribution in [2.75, 3.05) is 6.61 Å². The van der Waals surface area contributed by atoms with Crippen molar-refractivity contribution in [3.8, 4) is 5.75 Å². The Labute approximate surface area is 104 Å². The van der Waals surface area contributed by atoms with Crippen LogP contribution in [0.3, 0.4) is 0 Å². The van der Waals surface area contributed by atoms with Gasteiger partial charge in [0, 0.05) is 12.0 Å². The number of hydrogen-bond acceptors (Lipinski definition) is 5. The summed E-state index contributed by atoms with van der Waals surface area (Å²) in [6.45, 7) is 0.399. The van der Waals surface area contributed by atoms with Gasteiger partial charge in [-0.2, -0.15) is 0 Å². The average Bonchev–Trinajstić information content (AvgIpc) is 2.43. The number of nitrogens with one attached hydrogen (secondary N) is 2. The van der Waals surface area contributed by atoms with Gasteiger partial charge in [0.05, 0.1) is 6.61 Å². The Morgan fingerprint density at radius 1 is 1.11 bits per heavy atom. The van der Waals surface area contributed by atoms with Gasteiger partial charge in [0.1, 0.15) is 5.75 Å². The number of nitrogens with two attached hydrogens (primary N) is 2. The Morgan fingerprint density at radius 2 is 1.78 bits per heavy atom. The molecule has 0 radical (unpaired) electrons. The molecular weight excluding hydrogens is 236 g/mol. The van der Waals surface area contributed by atoms with Crippen molar-refractivity contribution in [3.63, 3.8) is 0 Å². The summed E-state index contributed by atoms with van der Waals surface area (Å²) < 4.78 is 5.39. The fraction of sp³-hybridized carbons (Fsp3) is 0.273. The van der Waals surface area contributed by atoms with Gasteiger partial charge in [-0.25, -0.2) is 11.7 Å². The van der Waals surface area contributed by atoms with Gasteiger partial charge < -0.3 is 4.74 Å². The molecule has 18 heavy (non-hydrogen) atoms. The number of ether oxygens (including phenoxy) is 1. The first-order valence-electron chi connectivity index (χ1n) is 5.40. The average molecular weight is 252 g/mol.